The zero-order chi connectivity index (χ0) is 17.5. The monoisotopic (exact) mass is 360 g/mol. The summed E-state index contributed by atoms with van der Waals surface area (Å²) in [6.45, 7) is 1.31. The highest BCUT2D eigenvalue weighted by Crippen LogP contribution is 2.20. The maximum Gasteiger partial charge on any atom is 0.331 e. The van der Waals surface area contributed by atoms with Gasteiger partial charge < -0.3 is 4.74 Å². The molecule has 1 heterocycles. The minimum absolute atomic E-state index is 0.410. The third-order valence-corrected chi connectivity index (χ3v) is 4.25. The molecule has 2 rings (SSSR count). The molecule has 0 fully saturated rings. The van der Waals surface area contributed by atoms with Gasteiger partial charge in [0.1, 0.15) is 5.01 Å². The predicted molar refractivity (Wildman–Crippen MR) is 91.7 cm³/mol. The van der Waals surface area contributed by atoms with Crippen molar-refractivity contribution >= 4 is 40.8 Å². The largest absolute Gasteiger partial charge is 0.454 e. The standard InChI is InChI=1S/C17H13ClN2O3S/c1-11-10-24-17(20-11)14(8-19)15(21)9-23-16(22)7-4-12-2-5-13(18)6-3-12/h2-7,10,14H,9H2,1H3/b7-4+/t14-/m0/s1. The predicted octanol–water partition coefficient (Wildman–Crippen LogP) is 3.54. The minimum atomic E-state index is -1.02. The highest BCUT2D eigenvalue weighted by Gasteiger charge is 2.24. The van der Waals surface area contributed by atoms with Crippen molar-refractivity contribution in [1.82, 2.24) is 4.98 Å². The molecule has 0 bridgehead atoms. The molecule has 1 aromatic heterocycles. The quantitative estimate of drug-likeness (QED) is 0.581. The summed E-state index contributed by atoms with van der Waals surface area (Å²) in [4.78, 5) is 27.8. The third kappa shape index (κ3) is 5.01. The molecule has 1 atom stereocenters. The Hall–Kier alpha value is -2.49. The Morgan fingerprint density at radius 2 is 2.12 bits per heavy atom. The van der Waals surface area contributed by atoms with Crippen molar-refractivity contribution in [3.63, 3.8) is 0 Å². The van der Waals surface area contributed by atoms with E-state index in [2.05, 4.69) is 4.98 Å². The fourth-order valence-corrected chi connectivity index (χ4v) is 2.77. The van der Waals surface area contributed by atoms with E-state index in [9.17, 15) is 9.59 Å². The van der Waals surface area contributed by atoms with Gasteiger partial charge in [0.2, 0.25) is 0 Å². The number of nitriles is 1. The number of hydrogen-bond donors (Lipinski definition) is 0. The highest BCUT2D eigenvalue weighted by molar-refractivity contribution is 7.09. The fraction of sp³-hybridized carbons (Fsp3) is 0.176. The lowest BCUT2D eigenvalue weighted by Gasteiger charge is -2.05. The molecule has 0 radical (unpaired) electrons. The first kappa shape index (κ1) is 17.9. The van der Waals surface area contributed by atoms with Gasteiger partial charge in [-0.05, 0) is 30.7 Å². The van der Waals surface area contributed by atoms with E-state index < -0.39 is 24.3 Å². The summed E-state index contributed by atoms with van der Waals surface area (Å²) in [6.07, 6.45) is 2.76. The summed E-state index contributed by atoms with van der Waals surface area (Å²) >= 11 is 7.00. The van der Waals surface area contributed by atoms with Gasteiger partial charge in [0.05, 0.1) is 6.07 Å². The van der Waals surface area contributed by atoms with Crippen molar-refractivity contribution in [3.8, 4) is 6.07 Å². The van der Waals surface area contributed by atoms with Crippen LogP contribution < -0.4 is 0 Å². The molecule has 122 valence electrons. The van der Waals surface area contributed by atoms with Crippen molar-refractivity contribution in [2.24, 2.45) is 0 Å². The van der Waals surface area contributed by atoms with E-state index in [0.29, 0.717) is 10.0 Å². The molecule has 0 aliphatic carbocycles. The van der Waals surface area contributed by atoms with Gasteiger partial charge >= 0.3 is 5.97 Å². The van der Waals surface area contributed by atoms with E-state index in [0.717, 1.165) is 11.3 Å². The number of aromatic nitrogens is 1. The van der Waals surface area contributed by atoms with Crippen LogP contribution in [0, 0.1) is 18.3 Å². The SMILES string of the molecule is Cc1csc([C@@H](C#N)C(=O)COC(=O)/C=C/c2ccc(Cl)cc2)n1. The molecule has 7 heteroatoms. The molecule has 1 aromatic carbocycles. The Balaban J connectivity index is 1.89. The number of ether oxygens (including phenoxy) is 1. The van der Waals surface area contributed by atoms with Crippen LogP contribution in [-0.4, -0.2) is 23.3 Å². The average molecular weight is 361 g/mol. The second-order valence-electron chi connectivity index (χ2n) is 4.85. The summed E-state index contributed by atoms with van der Waals surface area (Å²) in [7, 11) is 0. The Labute approximate surface area is 148 Å². The molecule has 0 saturated carbocycles. The van der Waals surface area contributed by atoms with Gasteiger partial charge in [0, 0.05) is 22.2 Å². The van der Waals surface area contributed by atoms with Crippen LogP contribution in [0.1, 0.15) is 22.2 Å². The van der Waals surface area contributed by atoms with Crippen LogP contribution in [0.4, 0.5) is 0 Å². The number of thiazole rings is 1. The topological polar surface area (TPSA) is 80.0 Å². The second kappa shape index (κ2) is 8.39. The van der Waals surface area contributed by atoms with Crippen LogP contribution >= 0.6 is 22.9 Å². The first-order valence-electron chi connectivity index (χ1n) is 6.94. The van der Waals surface area contributed by atoms with Crippen LogP contribution in [-0.2, 0) is 14.3 Å². The summed E-state index contributed by atoms with van der Waals surface area (Å²) in [6, 6.07) is 8.78. The number of halogens is 1. The number of benzene rings is 1. The van der Waals surface area contributed by atoms with Gasteiger partial charge in [-0.3, -0.25) is 4.79 Å². The van der Waals surface area contributed by atoms with E-state index in [4.69, 9.17) is 21.6 Å². The molecule has 0 saturated heterocycles. The first-order valence-corrected chi connectivity index (χ1v) is 8.20. The van der Waals surface area contributed by atoms with Crippen molar-refractivity contribution in [2.45, 2.75) is 12.8 Å². The average Bonchev–Trinajstić information content (AvgIpc) is 2.99. The molecule has 2 aromatic rings. The van der Waals surface area contributed by atoms with Gasteiger partial charge in [-0.15, -0.1) is 11.3 Å². The molecule has 0 amide bonds. The Morgan fingerprint density at radius 3 is 2.71 bits per heavy atom. The smallest absolute Gasteiger partial charge is 0.331 e. The maximum absolute atomic E-state index is 12.0. The summed E-state index contributed by atoms with van der Waals surface area (Å²) in [5.41, 5.74) is 1.52. The number of carbonyl (C=O) groups excluding carboxylic acids is 2. The summed E-state index contributed by atoms with van der Waals surface area (Å²) in [5.74, 6) is -2.18. The minimum Gasteiger partial charge on any atom is -0.454 e. The highest BCUT2D eigenvalue weighted by atomic mass is 35.5. The summed E-state index contributed by atoms with van der Waals surface area (Å²) < 4.78 is 4.88. The Morgan fingerprint density at radius 1 is 1.42 bits per heavy atom. The van der Waals surface area contributed by atoms with Gasteiger partial charge in [-0.25, -0.2) is 9.78 Å². The molecule has 0 aliphatic rings. The fourth-order valence-electron chi connectivity index (χ4n) is 1.78. The van der Waals surface area contributed by atoms with Crippen LogP contribution in [0.2, 0.25) is 5.02 Å². The van der Waals surface area contributed by atoms with Crippen LogP contribution in [0.5, 0.6) is 0 Å². The third-order valence-electron chi connectivity index (χ3n) is 2.97. The van der Waals surface area contributed by atoms with E-state index >= 15 is 0 Å². The molecule has 0 aliphatic heterocycles. The van der Waals surface area contributed by atoms with Crippen molar-refractivity contribution in [3.05, 3.63) is 57.0 Å². The van der Waals surface area contributed by atoms with Crippen molar-refractivity contribution < 1.29 is 14.3 Å². The van der Waals surface area contributed by atoms with Crippen LogP contribution in [0.15, 0.2) is 35.7 Å². The molecule has 5 nitrogen and oxygen atoms in total. The van der Waals surface area contributed by atoms with Crippen LogP contribution in [0.25, 0.3) is 6.08 Å². The molecular formula is C17H13ClN2O3S. The second-order valence-corrected chi connectivity index (χ2v) is 6.17. The van der Waals surface area contributed by atoms with E-state index in [1.807, 2.05) is 6.07 Å². The van der Waals surface area contributed by atoms with E-state index in [1.165, 1.54) is 17.4 Å². The lowest BCUT2D eigenvalue weighted by Crippen LogP contribution is -2.19. The molecule has 24 heavy (non-hydrogen) atoms. The molecular weight excluding hydrogens is 348 g/mol. The normalized spacial score (nSPS) is 11.9. The Bertz CT molecular complexity index is 806. The Kier molecular flexibility index (Phi) is 6.24. The van der Waals surface area contributed by atoms with Gasteiger partial charge in [-0.1, -0.05) is 23.7 Å². The van der Waals surface area contributed by atoms with E-state index in [-0.39, 0.29) is 0 Å². The van der Waals surface area contributed by atoms with Gasteiger partial charge in [0.25, 0.3) is 0 Å². The van der Waals surface area contributed by atoms with E-state index in [1.54, 1.807) is 42.6 Å². The number of ketones is 1. The number of carbonyl (C=O) groups is 2. The summed E-state index contributed by atoms with van der Waals surface area (Å²) in [5, 5.41) is 11.9. The van der Waals surface area contributed by atoms with Crippen LogP contribution in [0.3, 0.4) is 0 Å². The number of Topliss-reactive ketones (excluding diaryl/α,β-unsaturated/α-hetero) is 1. The first-order chi connectivity index (χ1) is 11.5. The number of rotatable bonds is 6. The number of esters is 1. The molecule has 0 spiro atoms. The maximum atomic E-state index is 12.0. The van der Waals surface area contributed by atoms with Gasteiger partial charge in [0.15, 0.2) is 18.3 Å². The lowest BCUT2D eigenvalue weighted by atomic mass is 10.1. The molecule has 0 unspecified atom stereocenters. The number of nitrogens with zero attached hydrogens (tertiary/aromatic N) is 2. The molecule has 0 N–H and O–H groups in total. The lowest BCUT2D eigenvalue weighted by molar-refractivity contribution is -0.143. The zero-order valence-electron chi connectivity index (χ0n) is 12.7. The van der Waals surface area contributed by atoms with Crippen molar-refractivity contribution in [2.75, 3.05) is 6.61 Å². The number of hydrogen-bond acceptors (Lipinski definition) is 6. The number of aryl methyl sites for hydroxylation is 1. The van der Waals surface area contributed by atoms with Gasteiger partial charge in [-0.2, -0.15) is 5.26 Å². The zero-order valence-corrected chi connectivity index (χ0v) is 14.3. The van der Waals surface area contributed by atoms with Crippen molar-refractivity contribution in [1.29, 1.82) is 5.26 Å².